The number of aromatic amines is 1. The smallest absolute Gasteiger partial charge is 0.407 e. The number of morpholine rings is 1. The van der Waals surface area contributed by atoms with Crippen LogP contribution in [0.1, 0.15) is 40.9 Å². The molecule has 3 atom stereocenters. The van der Waals surface area contributed by atoms with Gasteiger partial charge in [0.1, 0.15) is 6.04 Å². The van der Waals surface area contributed by atoms with E-state index in [-0.39, 0.29) is 18.1 Å². The fraction of sp³-hybridized carbons (Fsp3) is 0.300. The summed E-state index contributed by atoms with van der Waals surface area (Å²) < 4.78 is 11.0. The van der Waals surface area contributed by atoms with Gasteiger partial charge in [0.2, 0.25) is 5.91 Å². The first kappa shape index (κ1) is 27.9. The summed E-state index contributed by atoms with van der Waals surface area (Å²) in [7, 11) is 1.28. The molecule has 11 nitrogen and oxygen atoms in total. The molecule has 0 bridgehead atoms. The van der Waals surface area contributed by atoms with Gasteiger partial charge in [0.05, 0.1) is 25.9 Å². The minimum Gasteiger partial charge on any atom is -0.453 e. The highest BCUT2D eigenvalue weighted by Crippen LogP contribution is 2.30. The average Bonchev–Trinajstić information content (AvgIpc) is 3.57. The molecule has 1 saturated heterocycles. The molecule has 1 aliphatic rings. The van der Waals surface area contributed by atoms with E-state index in [2.05, 4.69) is 36.6 Å². The van der Waals surface area contributed by atoms with Gasteiger partial charge in [0.25, 0.3) is 0 Å². The summed E-state index contributed by atoms with van der Waals surface area (Å²) in [5.41, 5.74) is 3.44. The number of alkyl carbamates (subject to hydrolysis) is 1. The molecule has 1 aromatic heterocycles. The Hall–Kier alpha value is -4.61. The number of nitrogens with one attached hydrogen (secondary N) is 4. The number of para-hydroxylation sites is 1. The number of rotatable bonds is 10. The summed E-state index contributed by atoms with van der Waals surface area (Å²) in [4.78, 5) is 26.4. The molecule has 4 N–H and O–H groups in total. The third-order valence-corrected chi connectivity index (χ3v) is 7.19. The third kappa shape index (κ3) is 7.13. The van der Waals surface area contributed by atoms with Gasteiger partial charge in [-0.15, -0.1) is 5.10 Å². The van der Waals surface area contributed by atoms with Crippen molar-refractivity contribution >= 4 is 17.7 Å². The predicted octanol–water partition coefficient (Wildman–Crippen LogP) is 3.36. The van der Waals surface area contributed by atoms with Crippen LogP contribution in [0.2, 0.25) is 0 Å². The number of aromatic nitrogens is 4. The number of ether oxygens (including phenoxy) is 2. The molecule has 2 heterocycles. The van der Waals surface area contributed by atoms with E-state index in [9.17, 15) is 9.59 Å². The summed E-state index contributed by atoms with van der Waals surface area (Å²) in [6.45, 7) is 1.11. The molecule has 11 heteroatoms. The van der Waals surface area contributed by atoms with Crippen LogP contribution in [-0.2, 0) is 20.7 Å². The Labute approximate surface area is 238 Å². The van der Waals surface area contributed by atoms with Crippen molar-refractivity contribution in [3.63, 3.8) is 0 Å². The molecule has 3 aromatic carbocycles. The summed E-state index contributed by atoms with van der Waals surface area (Å²) >= 11 is 0. The Balaban J connectivity index is 1.31. The summed E-state index contributed by atoms with van der Waals surface area (Å²) in [5, 5.41) is 23.2. The fourth-order valence-corrected chi connectivity index (χ4v) is 5.07. The zero-order valence-corrected chi connectivity index (χ0v) is 22.7. The van der Waals surface area contributed by atoms with Crippen molar-refractivity contribution in [3.8, 4) is 0 Å². The Kier molecular flexibility index (Phi) is 9.30. The van der Waals surface area contributed by atoms with Gasteiger partial charge in [-0.3, -0.25) is 4.79 Å². The van der Waals surface area contributed by atoms with E-state index in [4.69, 9.17) is 9.47 Å². The molecular formula is C30H33N7O4. The lowest BCUT2D eigenvalue weighted by Gasteiger charge is -2.29. The number of carbonyl (C=O) groups is 2. The molecule has 5 rings (SSSR count). The fourth-order valence-electron chi connectivity index (χ4n) is 5.07. The number of hydrogen-bond acceptors (Lipinski definition) is 8. The summed E-state index contributed by atoms with van der Waals surface area (Å²) in [6, 6.07) is 26.0. The minimum atomic E-state index is -0.936. The second-order valence-electron chi connectivity index (χ2n) is 9.80. The molecule has 4 aromatic rings. The quantitative estimate of drug-likeness (QED) is 0.233. The van der Waals surface area contributed by atoms with E-state index in [1.807, 2.05) is 84.9 Å². The molecular weight excluding hydrogens is 522 g/mol. The molecule has 0 radical (unpaired) electrons. The number of benzene rings is 3. The molecule has 0 aliphatic carbocycles. The van der Waals surface area contributed by atoms with Crippen molar-refractivity contribution in [3.05, 3.63) is 107 Å². The Morgan fingerprint density at radius 1 is 1.00 bits per heavy atom. The van der Waals surface area contributed by atoms with Crippen LogP contribution in [0.5, 0.6) is 0 Å². The highest BCUT2D eigenvalue weighted by atomic mass is 16.5. The highest BCUT2D eigenvalue weighted by molar-refractivity contribution is 5.98. The van der Waals surface area contributed by atoms with Crippen LogP contribution in [-0.4, -0.2) is 65.0 Å². The number of nitrogens with zero attached hydrogens (tertiary/aromatic N) is 3. The average molecular weight is 556 g/mol. The van der Waals surface area contributed by atoms with Crippen LogP contribution in [0.25, 0.3) is 0 Å². The van der Waals surface area contributed by atoms with Gasteiger partial charge < -0.3 is 25.4 Å². The van der Waals surface area contributed by atoms with E-state index < -0.39 is 18.1 Å². The number of carbonyl (C=O) groups excluding carboxylic acids is 2. The van der Waals surface area contributed by atoms with Gasteiger partial charge in [0.15, 0.2) is 5.82 Å². The van der Waals surface area contributed by atoms with E-state index in [1.165, 1.54) is 7.11 Å². The third-order valence-electron chi connectivity index (χ3n) is 7.19. The van der Waals surface area contributed by atoms with E-state index >= 15 is 0 Å². The van der Waals surface area contributed by atoms with Gasteiger partial charge in [-0.05, 0) is 46.0 Å². The first-order chi connectivity index (χ1) is 20.1. The lowest BCUT2D eigenvalue weighted by Crippen LogP contribution is -2.48. The van der Waals surface area contributed by atoms with Crippen molar-refractivity contribution in [1.82, 2.24) is 31.3 Å². The van der Waals surface area contributed by atoms with Crippen molar-refractivity contribution in [2.75, 3.05) is 25.6 Å². The maximum Gasteiger partial charge on any atom is 0.407 e. The van der Waals surface area contributed by atoms with Gasteiger partial charge in [-0.1, -0.05) is 78.9 Å². The molecule has 0 saturated carbocycles. The molecule has 0 spiro atoms. The molecule has 1 fully saturated rings. The zero-order chi connectivity index (χ0) is 28.4. The second kappa shape index (κ2) is 13.6. The number of aryl methyl sites for hydroxylation is 1. The van der Waals surface area contributed by atoms with E-state index in [0.29, 0.717) is 31.1 Å². The molecule has 41 heavy (non-hydrogen) atoms. The summed E-state index contributed by atoms with van der Waals surface area (Å²) in [5.74, 6) is -0.145. The zero-order valence-electron chi connectivity index (χ0n) is 22.7. The molecule has 212 valence electrons. The van der Waals surface area contributed by atoms with Crippen LogP contribution >= 0.6 is 0 Å². The van der Waals surface area contributed by atoms with E-state index in [1.54, 1.807) is 0 Å². The van der Waals surface area contributed by atoms with Crippen LogP contribution in [0, 0.1) is 0 Å². The summed E-state index contributed by atoms with van der Waals surface area (Å²) in [6.07, 6.45) is 0.756. The maximum atomic E-state index is 13.9. The van der Waals surface area contributed by atoms with Crippen LogP contribution in [0.4, 0.5) is 10.5 Å². The molecule has 1 aliphatic heterocycles. The lowest BCUT2D eigenvalue weighted by atomic mass is 9.84. The Bertz CT molecular complexity index is 1360. The van der Waals surface area contributed by atoms with E-state index in [0.717, 1.165) is 23.1 Å². The van der Waals surface area contributed by atoms with Crippen LogP contribution in [0.3, 0.4) is 0 Å². The van der Waals surface area contributed by atoms with Crippen LogP contribution in [0.15, 0.2) is 84.9 Å². The SMILES string of the molecule is COC(=O)NC(C(=O)Nc1ccccc1CC[C@@H]1CN[C@H](c2nnn[nH]2)CO1)C(c1ccccc1)c1ccccc1. The maximum absolute atomic E-state index is 13.9. The van der Waals surface area contributed by atoms with Crippen molar-refractivity contribution in [1.29, 1.82) is 0 Å². The predicted molar refractivity (Wildman–Crippen MR) is 152 cm³/mol. The highest BCUT2D eigenvalue weighted by Gasteiger charge is 2.33. The topological polar surface area (TPSA) is 143 Å². The number of methoxy groups -OCH3 is 1. The number of hydrogen-bond donors (Lipinski definition) is 4. The van der Waals surface area contributed by atoms with Crippen molar-refractivity contribution in [2.45, 2.75) is 36.9 Å². The van der Waals surface area contributed by atoms with Crippen LogP contribution < -0.4 is 16.0 Å². The van der Waals surface area contributed by atoms with Gasteiger partial charge >= 0.3 is 6.09 Å². The first-order valence-corrected chi connectivity index (χ1v) is 13.5. The lowest BCUT2D eigenvalue weighted by molar-refractivity contribution is -0.118. The minimum absolute atomic E-state index is 0.000157. The Morgan fingerprint density at radius 2 is 1.68 bits per heavy atom. The number of tetrazole rings is 1. The van der Waals surface area contributed by atoms with Crippen molar-refractivity contribution in [2.24, 2.45) is 0 Å². The number of anilines is 1. The van der Waals surface area contributed by atoms with Crippen molar-refractivity contribution < 1.29 is 19.1 Å². The number of H-pyrrole nitrogens is 1. The van der Waals surface area contributed by atoms with Gasteiger partial charge in [0, 0.05) is 18.2 Å². The largest absolute Gasteiger partial charge is 0.453 e. The monoisotopic (exact) mass is 555 g/mol. The van der Waals surface area contributed by atoms with Gasteiger partial charge in [-0.25, -0.2) is 9.89 Å². The molecule has 2 amide bonds. The number of amides is 2. The Morgan fingerprint density at radius 3 is 2.29 bits per heavy atom. The second-order valence-corrected chi connectivity index (χ2v) is 9.80. The van der Waals surface area contributed by atoms with Gasteiger partial charge in [-0.2, -0.15) is 0 Å². The standard InChI is InChI=1S/C30H33N7O4/c1-40-30(39)33-27(26(21-11-4-2-5-12-21)22-13-6-3-7-14-22)29(38)32-24-15-9-8-10-20(24)16-17-23-18-31-25(19-41-23)28-34-36-37-35-28/h2-15,23,25-27,31H,16-19H2,1H3,(H,32,38)(H,33,39)(H,34,35,36,37)/t23-,25+,27?/m1/s1. The molecule has 1 unspecified atom stereocenters. The first-order valence-electron chi connectivity index (χ1n) is 13.5. The normalized spacial score (nSPS) is 17.5.